The molecule has 0 spiro atoms. The summed E-state index contributed by atoms with van der Waals surface area (Å²) < 4.78 is 0. The number of rotatable bonds is 3. The lowest BCUT2D eigenvalue weighted by Gasteiger charge is -2.12. The van der Waals surface area contributed by atoms with E-state index in [1.54, 1.807) is 11.8 Å². The minimum absolute atomic E-state index is 0.0490. The fourth-order valence-corrected chi connectivity index (χ4v) is 2.70. The lowest BCUT2D eigenvalue weighted by molar-refractivity contribution is 0.102. The molecule has 0 saturated carbocycles. The predicted molar refractivity (Wildman–Crippen MR) is 86.8 cm³/mol. The van der Waals surface area contributed by atoms with Crippen molar-refractivity contribution in [3.63, 3.8) is 0 Å². The molecular weight excluding hydrogens is 266 g/mol. The van der Waals surface area contributed by atoms with Crippen LogP contribution in [0.25, 0.3) is 0 Å². The van der Waals surface area contributed by atoms with Crippen LogP contribution in [0.15, 0.2) is 41.3 Å². The molecule has 3 heteroatoms. The highest BCUT2D eigenvalue weighted by Crippen LogP contribution is 2.25. The monoisotopic (exact) mass is 285 g/mol. The molecule has 20 heavy (non-hydrogen) atoms. The number of hydrogen-bond donors (Lipinski definition) is 1. The Kier molecular flexibility index (Phi) is 4.50. The van der Waals surface area contributed by atoms with E-state index in [4.69, 9.17) is 0 Å². The lowest BCUT2D eigenvalue weighted by Crippen LogP contribution is -2.14. The first kappa shape index (κ1) is 14.7. The van der Waals surface area contributed by atoms with Crippen molar-refractivity contribution in [2.45, 2.75) is 25.7 Å². The van der Waals surface area contributed by atoms with Gasteiger partial charge in [-0.15, -0.1) is 11.8 Å². The van der Waals surface area contributed by atoms with E-state index >= 15 is 0 Å². The molecule has 0 aliphatic heterocycles. The van der Waals surface area contributed by atoms with E-state index < -0.39 is 0 Å². The molecule has 1 N–H and O–H groups in total. The van der Waals surface area contributed by atoms with Gasteiger partial charge < -0.3 is 5.32 Å². The Morgan fingerprint density at radius 2 is 1.65 bits per heavy atom. The molecule has 0 aliphatic carbocycles. The summed E-state index contributed by atoms with van der Waals surface area (Å²) in [5, 5.41) is 3.01. The Bertz CT molecular complexity index is 649. The van der Waals surface area contributed by atoms with Crippen LogP contribution < -0.4 is 5.32 Å². The molecule has 0 heterocycles. The lowest BCUT2D eigenvalue weighted by atomic mass is 10.0. The van der Waals surface area contributed by atoms with Gasteiger partial charge in [0.25, 0.3) is 5.91 Å². The largest absolute Gasteiger partial charge is 0.321 e. The van der Waals surface area contributed by atoms with Crippen LogP contribution in [0.5, 0.6) is 0 Å². The zero-order valence-corrected chi connectivity index (χ0v) is 13.1. The summed E-state index contributed by atoms with van der Waals surface area (Å²) in [5.41, 5.74) is 4.96. The molecule has 0 aromatic heterocycles. The van der Waals surface area contributed by atoms with Gasteiger partial charge in [0, 0.05) is 10.5 Å². The molecule has 2 nitrogen and oxygen atoms in total. The van der Waals surface area contributed by atoms with Crippen LogP contribution in [-0.2, 0) is 0 Å². The number of thioether (sulfide) groups is 1. The number of carbonyl (C=O) groups excluding carboxylic acids is 1. The summed E-state index contributed by atoms with van der Waals surface area (Å²) in [4.78, 5) is 13.5. The second-order valence-corrected chi connectivity index (χ2v) is 5.75. The van der Waals surface area contributed by atoms with Crippen LogP contribution in [0.1, 0.15) is 27.0 Å². The van der Waals surface area contributed by atoms with E-state index in [2.05, 4.69) is 18.3 Å². The van der Waals surface area contributed by atoms with Crippen molar-refractivity contribution in [3.05, 3.63) is 58.7 Å². The second-order valence-electron chi connectivity index (χ2n) is 4.91. The predicted octanol–water partition coefficient (Wildman–Crippen LogP) is 4.59. The van der Waals surface area contributed by atoms with Crippen LogP contribution in [0.4, 0.5) is 5.69 Å². The Morgan fingerprint density at radius 3 is 2.35 bits per heavy atom. The number of amides is 1. The first-order valence-corrected chi connectivity index (χ1v) is 7.77. The first-order chi connectivity index (χ1) is 9.52. The van der Waals surface area contributed by atoms with Crippen LogP contribution in [0.3, 0.4) is 0 Å². The topological polar surface area (TPSA) is 29.1 Å². The van der Waals surface area contributed by atoms with Crippen LogP contribution in [0.2, 0.25) is 0 Å². The molecule has 1 amide bonds. The Morgan fingerprint density at radius 1 is 1.00 bits per heavy atom. The minimum atomic E-state index is -0.0490. The normalized spacial score (nSPS) is 10.4. The highest BCUT2D eigenvalue weighted by molar-refractivity contribution is 7.98. The van der Waals surface area contributed by atoms with Crippen molar-refractivity contribution < 1.29 is 4.79 Å². The maximum absolute atomic E-state index is 12.4. The number of benzene rings is 2. The standard InChI is InChI=1S/C17H19NOS/c1-11-9-13(3)14(10-12(11)2)17(19)18-15-7-5-6-8-16(15)20-4/h5-10H,1-4H3,(H,18,19). The third-order valence-corrected chi connectivity index (χ3v) is 4.24. The molecule has 2 rings (SSSR count). The zero-order valence-electron chi connectivity index (χ0n) is 12.3. The van der Waals surface area contributed by atoms with Crippen molar-refractivity contribution in [3.8, 4) is 0 Å². The summed E-state index contributed by atoms with van der Waals surface area (Å²) in [6.45, 7) is 6.07. The van der Waals surface area contributed by atoms with E-state index in [-0.39, 0.29) is 5.91 Å². The van der Waals surface area contributed by atoms with Gasteiger partial charge in [0.05, 0.1) is 5.69 Å². The summed E-state index contributed by atoms with van der Waals surface area (Å²) in [6, 6.07) is 11.9. The summed E-state index contributed by atoms with van der Waals surface area (Å²) in [5.74, 6) is -0.0490. The number of carbonyl (C=O) groups is 1. The summed E-state index contributed by atoms with van der Waals surface area (Å²) in [6.07, 6.45) is 2.01. The molecule has 2 aromatic carbocycles. The molecule has 2 aromatic rings. The molecule has 104 valence electrons. The Labute approximate surface area is 124 Å². The van der Waals surface area contributed by atoms with Crippen molar-refractivity contribution in [2.75, 3.05) is 11.6 Å². The van der Waals surface area contributed by atoms with Gasteiger partial charge in [-0.25, -0.2) is 0 Å². The van der Waals surface area contributed by atoms with Crippen LogP contribution in [0, 0.1) is 20.8 Å². The van der Waals surface area contributed by atoms with Crippen molar-refractivity contribution in [1.29, 1.82) is 0 Å². The summed E-state index contributed by atoms with van der Waals surface area (Å²) in [7, 11) is 0. The Hall–Kier alpha value is -1.74. The summed E-state index contributed by atoms with van der Waals surface area (Å²) >= 11 is 1.63. The van der Waals surface area contributed by atoms with Gasteiger partial charge in [0.2, 0.25) is 0 Å². The molecule has 0 unspecified atom stereocenters. The zero-order chi connectivity index (χ0) is 14.7. The Balaban J connectivity index is 2.31. The number of hydrogen-bond acceptors (Lipinski definition) is 2. The molecular formula is C17H19NOS. The number of anilines is 1. The first-order valence-electron chi connectivity index (χ1n) is 6.55. The third kappa shape index (κ3) is 3.05. The van der Waals surface area contributed by atoms with Crippen LogP contribution >= 0.6 is 11.8 Å². The molecule has 0 aliphatic rings. The quantitative estimate of drug-likeness (QED) is 0.836. The fraction of sp³-hybridized carbons (Fsp3) is 0.235. The van der Waals surface area contributed by atoms with Gasteiger partial charge in [-0.3, -0.25) is 4.79 Å². The van der Waals surface area contributed by atoms with Crippen molar-refractivity contribution in [1.82, 2.24) is 0 Å². The van der Waals surface area contributed by atoms with Gasteiger partial charge >= 0.3 is 0 Å². The molecule has 0 bridgehead atoms. The molecule has 0 saturated heterocycles. The highest BCUT2D eigenvalue weighted by Gasteiger charge is 2.12. The third-order valence-electron chi connectivity index (χ3n) is 3.44. The number of aryl methyl sites for hydroxylation is 3. The van der Waals surface area contributed by atoms with Gasteiger partial charge in [-0.05, 0) is 61.9 Å². The smallest absolute Gasteiger partial charge is 0.255 e. The van der Waals surface area contributed by atoms with E-state index in [1.807, 2.05) is 50.4 Å². The second kappa shape index (κ2) is 6.14. The van der Waals surface area contributed by atoms with Gasteiger partial charge in [-0.2, -0.15) is 0 Å². The van der Waals surface area contributed by atoms with Crippen molar-refractivity contribution in [2.24, 2.45) is 0 Å². The van der Waals surface area contributed by atoms with Gasteiger partial charge in [-0.1, -0.05) is 18.2 Å². The average Bonchev–Trinajstić information content (AvgIpc) is 2.43. The van der Waals surface area contributed by atoms with Gasteiger partial charge in [0.15, 0.2) is 0 Å². The molecule has 0 fully saturated rings. The van der Waals surface area contributed by atoms with E-state index in [9.17, 15) is 4.79 Å². The van der Waals surface area contributed by atoms with E-state index in [0.29, 0.717) is 0 Å². The molecule has 0 atom stereocenters. The SMILES string of the molecule is CSc1ccccc1NC(=O)c1cc(C)c(C)cc1C. The fourth-order valence-electron chi connectivity index (χ4n) is 2.14. The van der Waals surface area contributed by atoms with Crippen LogP contribution in [-0.4, -0.2) is 12.2 Å². The number of para-hydroxylation sites is 1. The van der Waals surface area contributed by atoms with Gasteiger partial charge in [0.1, 0.15) is 0 Å². The minimum Gasteiger partial charge on any atom is -0.321 e. The maximum Gasteiger partial charge on any atom is 0.255 e. The van der Waals surface area contributed by atoms with Crippen molar-refractivity contribution >= 4 is 23.4 Å². The highest BCUT2D eigenvalue weighted by atomic mass is 32.2. The molecule has 0 radical (unpaired) electrons. The number of nitrogens with one attached hydrogen (secondary N) is 1. The van der Waals surface area contributed by atoms with E-state index in [0.717, 1.165) is 27.3 Å². The maximum atomic E-state index is 12.4. The van der Waals surface area contributed by atoms with E-state index in [1.165, 1.54) is 5.56 Å². The average molecular weight is 285 g/mol.